The van der Waals surface area contributed by atoms with Crippen LogP contribution in [0.15, 0.2) is 72.0 Å². The summed E-state index contributed by atoms with van der Waals surface area (Å²) in [6.45, 7) is 0. The van der Waals surface area contributed by atoms with Crippen LogP contribution in [0.3, 0.4) is 0 Å². The number of imidazole rings is 1. The molecule has 2 aromatic carbocycles. The zero-order chi connectivity index (χ0) is 21.2. The maximum atomic E-state index is 12.7. The van der Waals surface area contributed by atoms with E-state index in [0.717, 1.165) is 42.5 Å². The summed E-state index contributed by atoms with van der Waals surface area (Å²) in [5.74, 6) is 0.234. The largest absolute Gasteiger partial charge is 0.349 e. The zero-order valence-electron chi connectivity index (χ0n) is 17.0. The van der Waals surface area contributed by atoms with Gasteiger partial charge in [-0.1, -0.05) is 18.2 Å². The van der Waals surface area contributed by atoms with Crippen molar-refractivity contribution >= 4 is 16.7 Å². The second kappa shape index (κ2) is 8.18. The summed E-state index contributed by atoms with van der Waals surface area (Å²) in [4.78, 5) is 28.8. The van der Waals surface area contributed by atoms with E-state index >= 15 is 0 Å². The highest BCUT2D eigenvalue weighted by atomic mass is 16.1. The van der Waals surface area contributed by atoms with Gasteiger partial charge in [-0.15, -0.1) is 0 Å². The molecular formula is C24H23N5O2. The first-order valence-electron chi connectivity index (χ1n) is 10.6. The minimum atomic E-state index is -0.153. The van der Waals surface area contributed by atoms with E-state index in [1.54, 1.807) is 12.5 Å². The van der Waals surface area contributed by atoms with Gasteiger partial charge in [-0.3, -0.25) is 9.59 Å². The molecule has 1 saturated carbocycles. The lowest BCUT2D eigenvalue weighted by Crippen LogP contribution is -2.37. The predicted molar refractivity (Wildman–Crippen MR) is 118 cm³/mol. The molecule has 31 heavy (non-hydrogen) atoms. The van der Waals surface area contributed by atoms with Crippen LogP contribution in [-0.4, -0.2) is 31.7 Å². The SMILES string of the molecule is O=C(NC1CCC(c2n[nH]c(=O)c3ccccc23)CC1)c1ccc(-n2ccnc2)cc1. The number of carbonyl (C=O) groups excluding carboxylic acids is 1. The Bertz CT molecular complexity index is 1250. The van der Waals surface area contributed by atoms with Crippen LogP contribution in [0.2, 0.25) is 0 Å². The number of amides is 1. The van der Waals surface area contributed by atoms with Crippen LogP contribution in [0.1, 0.15) is 47.7 Å². The van der Waals surface area contributed by atoms with E-state index in [1.807, 2.05) is 59.3 Å². The summed E-state index contributed by atoms with van der Waals surface area (Å²) >= 11 is 0. The summed E-state index contributed by atoms with van der Waals surface area (Å²) in [6, 6.07) is 15.3. The van der Waals surface area contributed by atoms with Crippen molar-refractivity contribution in [2.75, 3.05) is 0 Å². The van der Waals surface area contributed by atoms with Gasteiger partial charge in [0.1, 0.15) is 0 Å². The third-order valence-electron chi connectivity index (χ3n) is 6.11. The first-order valence-corrected chi connectivity index (χ1v) is 10.6. The van der Waals surface area contributed by atoms with Gasteiger partial charge in [0.15, 0.2) is 0 Å². The van der Waals surface area contributed by atoms with Gasteiger partial charge >= 0.3 is 0 Å². The van der Waals surface area contributed by atoms with Crippen LogP contribution in [0.5, 0.6) is 0 Å². The monoisotopic (exact) mass is 413 g/mol. The summed E-state index contributed by atoms with van der Waals surface area (Å²) in [5.41, 5.74) is 2.42. The van der Waals surface area contributed by atoms with Crippen LogP contribution in [0.25, 0.3) is 16.5 Å². The van der Waals surface area contributed by atoms with Gasteiger partial charge in [0.05, 0.1) is 17.4 Å². The van der Waals surface area contributed by atoms with E-state index < -0.39 is 0 Å². The number of H-pyrrole nitrogens is 1. The Kier molecular flexibility index (Phi) is 5.08. The molecule has 2 aromatic heterocycles. The summed E-state index contributed by atoms with van der Waals surface area (Å²) < 4.78 is 1.90. The van der Waals surface area contributed by atoms with Gasteiger partial charge in [0.25, 0.3) is 11.5 Å². The second-order valence-corrected chi connectivity index (χ2v) is 8.02. The Morgan fingerprint density at radius 3 is 2.45 bits per heavy atom. The van der Waals surface area contributed by atoms with E-state index in [0.29, 0.717) is 10.9 Å². The van der Waals surface area contributed by atoms with E-state index in [9.17, 15) is 9.59 Å². The maximum absolute atomic E-state index is 12.7. The van der Waals surface area contributed by atoms with Crippen LogP contribution in [0, 0.1) is 0 Å². The molecule has 1 aliphatic rings. The first kappa shape index (κ1) is 19.2. The average Bonchev–Trinajstić information content (AvgIpc) is 3.35. The third-order valence-corrected chi connectivity index (χ3v) is 6.11. The Morgan fingerprint density at radius 1 is 1.00 bits per heavy atom. The van der Waals surface area contributed by atoms with Crippen molar-refractivity contribution in [1.29, 1.82) is 0 Å². The number of nitrogens with zero attached hydrogens (tertiary/aromatic N) is 3. The average molecular weight is 413 g/mol. The molecule has 0 bridgehead atoms. The Balaban J connectivity index is 1.23. The molecule has 2 N–H and O–H groups in total. The van der Waals surface area contributed by atoms with Crippen LogP contribution in [-0.2, 0) is 0 Å². The smallest absolute Gasteiger partial charge is 0.272 e. The van der Waals surface area contributed by atoms with Crippen molar-refractivity contribution in [3.8, 4) is 5.69 Å². The Morgan fingerprint density at radius 2 is 1.74 bits per heavy atom. The molecule has 4 aromatic rings. The van der Waals surface area contributed by atoms with Crippen LogP contribution < -0.4 is 10.9 Å². The molecule has 1 amide bonds. The molecule has 5 rings (SSSR count). The number of aromatic nitrogens is 4. The standard InChI is InChI=1S/C24H23N5O2/c30-23(17-7-11-19(12-8-17)29-14-13-25-15-29)26-18-9-5-16(6-10-18)22-20-3-1-2-4-21(20)24(31)28-27-22/h1-4,7-8,11-16,18H,5-6,9-10H2,(H,26,30)(H,28,31). The molecule has 7 heteroatoms. The number of hydrogen-bond donors (Lipinski definition) is 2. The van der Waals surface area contributed by atoms with Gasteiger partial charge in [-0.05, 0) is 56.0 Å². The van der Waals surface area contributed by atoms with Crippen LogP contribution in [0.4, 0.5) is 0 Å². The molecule has 1 fully saturated rings. The van der Waals surface area contributed by atoms with Crippen molar-refractivity contribution in [2.24, 2.45) is 0 Å². The predicted octanol–water partition coefficient (Wildman–Crippen LogP) is 3.57. The van der Waals surface area contributed by atoms with Crippen molar-refractivity contribution in [3.05, 3.63) is 88.9 Å². The number of nitrogens with one attached hydrogen (secondary N) is 2. The van der Waals surface area contributed by atoms with E-state index in [1.165, 1.54) is 0 Å². The van der Waals surface area contributed by atoms with Crippen LogP contribution >= 0.6 is 0 Å². The van der Waals surface area contributed by atoms with Gasteiger partial charge in [-0.2, -0.15) is 5.10 Å². The van der Waals surface area contributed by atoms with E-state index in [2.05, 4.69) is 20.5 Å². The lowest BCUT2D eigenvalue weighted by molar-refractivity contribution is 0.0925. The molecule has 156 valence electrons. The molecule has 1 aliphatic carbocycles. The fourth-order valence-electron chi connectivity index (χ4n) is 4.42. The second-order valence-electron chi connectivity index (χ2n) is 8.02. The lowest BCUT2D eigenvalue weighted by Gasteiger charge is -2.29. The normalized spacial score (nSPS) is 18.7. The molecule has 0 radical (unpaired) electrons. The highest BCUT2D eigenvalue weighted by Crippen LogP contribution is 2.34. The quantitative estimate of drug-likeness (QED) is 0.535. The van der Waals surface area contributed by atoms with Gasteiger partial charge < -0.3 is 9.88 Å². The number of aromatic amines is 1. The topological polar surface area (TPSA) is 92.7 Å². The van der Waals surface area contributed by atoms with Gasteiger partial charge in [-0.25, -0.2) is 10.1 Å². The number of benzene rings is 2. The molecule has 0 unspecified atom stereocenters. The highest BCUT2D eigenvalue weighted by molar-refractivity contribution is 5.94. The first-order chi connectivity index (χ1) is 15.2. The fraction of sp³-hybridized carbons (Fsp3) is 0.250. The number of fused-ring (bicyclic) bond motifs is 1. The number of hydrogen-bond acceptors (Lipinski definition) is 4. The summed E-state index contributed by atoms with van der Waals surface area (Å²) in [5, 5.41) is 11.8. The number of carbonyl (C=O) groups is 1. The molecule has 0 spiro atoms. The highest BCUT2D eigenvalue weighted by Gasteiger charge is 2.26. The summed E-state index contributed by atoms with van der Waals surface area (Å²) in [6.07, 6.45) is 8.95. The van der Waals surface area contributed by atoms with Crippen molar-refractivity contribution in [3.63, 3.8) is 0 Å². The Hall–Kier alpha value is -3.74. The lowest BCUT2D eigenvalue weighted by atomic mass is 9.82. The molecule has 0 atom stereocenters. The van der Waals surface area contributed by atoms with Crippen molar-refractivity contribution < 1.29 is 4.79 Å². The maximum Gasteiger partial charge on any atom is 0.272 e. The molecule has 2 heterocycles. The molecular weight excluding hydrogens is 390 g/mol. The van der Waals surface area contributed by atoms with E-state index in [-0.39, 0.29) is 23.4 Å². The van der Waals surface area contributed by atoms with Crippen molar-refractivity contribution in [2.45, 2.75) is 37.6 Å². The third kappa shape index (κ3) is 3.86. The van der Waals surface area contributed by atoms with Crippen molar-refractivity contribution in [1.82, 2.24) is 25.1 Å². The van der Waals surface area contributed by atoms with Gasteiger partial charge in [0, 0.05) is 41.0 Å². The van der Waals surface area contributed by atoms with E-state index in [4.69, 9.17) is 0 Å². The minimum Gasteiger partial charge on any atom is -0.349 e. The summed E-state index contributed by atoms with van der Waals surface area (Å²) in [7, 11) is 0. The molecule has 7 nitrogen and oxygen atoms in total. The zero-order valence-corrected chi connectivity index (χ0v) is 17.0. The van der Waals surface area contributed by atoms with Gasteiger partial charge in [0.2, 0.25) is 0 Å². The number of rotatable bonds is 4. The minimum absolute atomic E-state index is 0.0479. The Labute approximate surface area is 179 Å². The molecule has 0 aliphatic heterocycles. The molecule has 0 saturated heterocycles. The fourth-order valence-corrected chi connectivity index (χ4v) is 4.42.